The van der Waals surface area contributed by atoms with E-state index >= 15 is 0 Å². The van der Waals surface area contributed by atoms with Crippen molar-refractivity contribution in [1.82, 2.24) is 19.2 Å². The molecular weight excluding hydrogens is 461 g/mol. The van der Waals surface area contributed by atoms with E-state index in [4.69, 9.17) is 9.47 Å². The van der Waals surface area contributed by atoms with Crippen LogP contribution in [0, 0.1) is 5.82 Å². The van der Waals surface area contributed by atoms with E-state index < -0.39 is 16.6 Å². The fourth-order valence-corrected chi connectivity index (χ4v) is 4.26. The van der Waals surface area contributed by atoms with E-state index in [0.29, 0.717) is 34.5 Å². The van der Waals surface area contributed by atoms with Crippen molar-refractivity contribution in [3.8, 4) is 17.2 Å². The van der Waals surface area contributed by atoms with Gasteiger partial charge in [-0.25, -0.2) is 4.39 Å². The maximum atomic E-state index is 13.6. The number of amides is 1. The standard InChI is InChI=1S/C23H22FN5O4S/c1-4-19(21(30)25-15-11-17(32-2)13-18(12-15)33-3)34-23-27-26-20-22(31)28(8-9-29(20)23)16-7-5-6-14(24)10-16/h5-13,19H,4H2,1-3H3,(H,25,30)/t19-/m1/s1. The first kappa shape index (κ1) is 23.3. The summed E-state index contributed by atoms with van der Waals surface area (Å²) in [5.41, 5.74) is 0.532. The predicted octanol–water partition coefficient (Wildman–Crippen LogP) is 3.55. The molecule has 2 aromatic heterocycles. The summed E-state index contributed by atoms with van der Waals surface area (Å²) in [6.07, 6.45) is 3.63. The number of carbonyl (C=O) groups excluding carboxylic acids is 1. The summed E-state index contributed by atoms with van der Waals surface area (Å²) in [6, 6.07) is 10.8. The van der Waals surface area contributed by atoms with Gasteiger partial charge in [0.15, 0.2) is 5.16 Å². The first-order chi connectivity index (χ1) is 16.4. The molecule has 0 aliphatic heterocycles. The number of nitrogens with zero attached hydrogens (tertiary/aromatic N) is 4. The third-order valence-electron chi connectivity index (χ3n) is 5.06. The number of halogens is 1. The molecule has 1 amide bonds. The Bertz CT molecular complexity index is 1380. The second-order valence-electron chi connectivity index (χ2n) is 7.23. The Labute approximate surface area is 198 Å². The molecule has 0 fully saturated rings. The van der Waals surface area contributed by atoms with Gasteiger partial charge in [0.05, 0.1) is 25.2 Å². The minimum atomic E-state index is -0.504. The third kappa shape index (κ3) is 4.74. The summed E-state index contributed by atoms with van der Waals surface area (Å²) < 4.78 is 26.9. The highest BCUT2D eigenvalue weighted by Crippen LogP contribution is 2.28. The highest BCUT2D eigenvalue weighted by molar-refractivity contribution is 8.00. The molecule has 1 atom stereocenters. The Kier molecular flexibility index (Phi) is 6.82. The van der Waals surface area contributed by atoms with Crippen LogP contribution in [0.2, 0.25) is 0 Å². The van der Waals surface area contributed by atoms with Crippen molar-refractivity contribution < 1.29 is 18.7 Å². The van der Waals surface area contributed by atoms with Gasteiger partial charge in [-0.05, 0) is 24.6 Å². The SMILES string of the molecule is CC[C@@H](Sc1nnc2c(=O)n(-c3cccc(F)c3)ccn12)C(=O)Nc1cc(OC)cc(OC)c1. The number of aromatic nitrogens is 4. The fourth-order valence-electron chi connectivity index (χ4n) is 3.33. The van der Waals surface area contributed by atoms with E-state index in [1.54, 1.807) is 30.5 Å². The Morgan fingerprint density at radius 3 is 2.50 bits per heavy atom. The molecule has 0 bridgehead atoms. The number of methoxy groups -OCH3 is 2. The van der Waals surface area contributed by atoms with E-state index in [2.05, 4.69) is 15.5 Å². The fraction of sp³-hybridized carbons (Fsp3) is 0.217. The van der Waals surface area contributed by atoms with Crippen molar-refractivity contribution in [3.63, 3.8) is 0 Å². The first-order valence-corrected chi connectivity index (χ1v) is 11.2. The highest BCUT2D eigenvalue weighted by Gasteiger charge is 2.22. The Morgan fingerprint density at radius 2 is 1.85 bits per heavy atom. The number of anilines is 1. The lowest BCUT2D eigenvalue weighted by Crippen LogP contribution is -2.25. The summed E-state index contributed by atoms with van der Waals surface area (Å²) in [5, 5.41) is 10.9. The van der Waals surface area contributed by atoms with Crippen LogP contribution < -0.4 is 20.3 Å². The summed E-state index contributed by atoms with van der Waals surface area (Å²) in [7, 11) is 3.06. The zero-order valence-corrected chi connectivity index (χ0v) is 19.5. The first-order valence-electron chi connectivity index (χ1n) is 10.4. The maximum absolute atomic E-state index is 13.6. The molecule has 0 radical (unpaired) electrons. The van der Waals surface area contributed by atoms with E-state index in [1.807, 2.05) is 6.92 Å². The maximum Gasteiger partial charge on any atom is 0.300 e. The topological polar surface area (TPSA) is 99.8 Å². The minimum Gasteiger partial charge on any atom is -0.497 e. The average molecular weight is 484 g/mol. The van der Waals surface area contributed by atoms with Gasteiger partial charge in [0.2, 0.25) is 11.6 Å². The molecular formula is C23H22FN5O4S. The Morgan fingerprint density at radius 1 is 1.12 bits per heavy atom. The third-order valence-corrected chi connectivity index (χ3v) is 6.38. The number of benzene rings is 2. The molecule has 2 aromatic carbocycles. The van der Waals surface area contributed by atoms with Gasteiger partial charge in [0.25, 0.3) is 0 Å². The van der Waals surface area contributed by atoms with Gasteiger partial charge in [-0.2, -0.15) is 0 Å². The number of ether oxygens (including phenoxy) is 2. The number of hydrogen-bond donors (Lipinski definition) is 1. The second kappa shape index (κ2) is 9.96. The van der Waals surface area contributed by atoms with Crippen LogP contribution in [0.4, 0.5) is 10.1 Å². The predicted molar refractivity (Wildman–Crippen MR) is 127 cm³/mol. The average Bonchev–Trinajstić information content (AvgIpc) is 3.25. The van der Waals surface area contributed by atoms with Gasteiger partial charge in [-0.1, -0.05) is 24.8 Å². The Balaban J connectivity index is 1.58. The number of hydrogen-bond acceptors (Lipinski definition) is 7. The van der Waals surface area contributed by atoms with Gasteiger partial charge >= 0.3 is 5.56 Å². The van der Waals surface area contributed by atoms with Crippen molar-refractivity contribution in [2.75, 3.05) is 19.5 Å². The number of carbonyl (C=O) groups is 1. The molecule has 0 unspecified atom stereocenters. The molecule has 0 spiro atoms. The van der Waals surface area contributed by atoms with Crippen LogP contribution in [-0.4, -0.2) is 44.5 Å². The van der Waals surface area contributed by atoms with Crippen molar-refractivity contribution >= 4 is 29.0 Å². The van der Waals surface area contributed by atoms with Crippen LogP contribution in [0.15, 0.2) is 64.8 Å². The van der Waals surface area contributed by atoms with Crippen molar-refractivity contribution in [2.45, 2.75) is 23.8 Å². The molecule has 0 saturated carbocycles. The lowest BCUT2D eigenvalue weighted by molar-refractivity contribution is -0.115. The quantitative estimate of drug-likeness (QED) is 0.383. The van der Waals surface area contributed by atoms with Crippen molar-refractivity contribution in [2.24, 2.45) is 0 Å². The largest absolute Gasteiger partial charge is 0.497 e. The summed E-state index contributed by atoms with van der Waals surface area (Å²) in [6.45, 7) is 1.88. The van der Waals surface area contributed by atoms with Crippen LogP contribution in [0.25, 0.3) is 11.3 Å². The van der Waals surface area contributed by atoms with E-state index in [0.717, 1.165) is 0 Å². The van der Waals surface area contributed by atoms with Crippen molar-refractivity contribution in [1.29, 1.82) is 0 Å². The molecule has 2 heterocycles. The summed E-state index contributed by atoms with van der Waals surface area (Å²) in [5.74, 6) is 0.404. The normalized spacial score (nSPS) is 11.9. The van der Waals surface area contributed by atoms with Crippen LogP contribution in [0.1, 0.15) is 13.3 Å². The van der Waals surface area contributed by atoms with E-state index in [-0.39, 0.29) is 11.6 Å². The zero-order chi connectivity index (χ0) is 24.2. The summed E-state index contributed by atoms with van der Waals surface area (Å²) in [4.78, 5) is 25.9. The summed E-state index contributed by atoms with van der Waals surface area (Å²) >= 11 is 1.19. The van der Waals surface area contributed by atoms with E-state index in [1.165, 1.54) is 59.3 Å². The zero-order valence-electron chi connectivity index (χ0n) is 18.7. The van der Waals surface area contributed by atoms with Gasteiger partial charge in [0.1, 0.15) is 17.3 Å². The number of thioether (sulfide) groups is 1. The Hall–Kier alpha value is -3.86. The molecule has 4 aromatic rings. The molecule has 0 saturated heterocycles. The molecule has 34 heavy (non-hydrogen) atoms. The second-order valence-corrected chi connectivity index (χ2v) is 8.40. The monoisotopic (exact) mass is 483 g/mol. The lowest BCUT2D eigenvalue weighted by Gasteiger charge is -2.15. The molecule has 1 N–H and O–H groups in total. The van der Waals surface area contributed by atoms with Gasteiger partial charge in [0, 0.05) is 36.3 Å². The number of rotatable bonds is 8. The van der Waals surface area contributed by atoms with Crippen LogP contribution in [-0.2, 0) is 4.79 Å². The van der Waals surface area contributed by atoms with Gasteiger partial charge < -0.3 is 14.8 Å². The molecule has 0 aliphatic rings. The lowest BCUT2D eigenvalue weighted by atomic mass is 10.2. The molecule has 9 nitrogen and oxygen atoms in total. The highest BCUT2D eigenvalue weighted by atomic mass is 32.2. The molecule has 4 rings (SSSR count). The molecule has 176 valence electrons. The molecule has 0 aliphatic carbocycles. The minimum absolute atomic E-state index is 0.0713. The van der Waals surface area contributed by atoms with E-state index in [9.17, 15) is 14.0 Å². The van der Waals surface area contributed by atoms with Crippen molar-refractivity contribution in [3.05, 3.63) is 71.0 Å². The van der Waals surface area contributed by atoms with Gasteiger partial charge in [-0.3, -0.25) is 18.6 Å². The van der Waals surface area contributed by atoms with Crippen LogP contribution >= 0.6 is 11.8 Å². The molecule has 11 heteroatoms. The smallest absolute Gasteiger partial charge is 0.300 e. The number of nitrogens with one attached hydrogen (secondary N) is 1. The number of fused-ring (bicyclic) bond motifs is 1. The van der Waals surface area contributed by atoms with Gasteiger partial charge in [-0.15, -0.1) is 10.2 Å². The van der Waals surface area contributed by atoms with Crippen LogP contribution in [0.5, 0.6) is 11.5 Å². The van der Waals surface area contributed by atoms with Crippen LogP contribution in [0.3, 0.4) is 0 Å².